The van der Waals surface area contributed by atoms with Gasteiger partial charge in [-0.05, 0) is 37.0 Å². The number of methoxy groups -OCH3 is 1. The Morgan fingerprint density at radius 3 is 2.60 bits per heavy atom. The summed E-state index contributed by atoms with van der Waals surface area (Å²) in [6.45, 7) is 0.408. The Kier molecular flexibility index (Phi) is 4.22. The first-order valence-electron chi connectivity index (χ1n) is 6.42. The van der Waals surface area contributed by atoms with Gasteiger partial charge in [-0.25, -0.2) is 12.7 Å². The molecule has 0 radical (unpaired) electrons. The first-order valence-corrected chi connectivity index (χ1v) is 7.86. The number of ether oxygens (including phenoxy) is 1. The van der Waals surface area contributed by atoms with Crippen molar-refractivity contribution in [1.29, 1.82) is 0 Å². The van der Waals surface area contributed by atoms with Gasteiger partial charge in [0, 0.05) is 13.6 Å². The van der Waals surface area contributed by atoms with E-state index in [9.17, 15) is 13.5 Å². The smallest absolute Gasteiger partial charge is 0.242 e. The zero-order chi connectivity index (χ0) is 14.9. The molecule has 0 unspecified atom stereocenters. The third-order valence-corrected chi connectivity index (χ3v) is 5.45. The molecular weight excluding hydrogens is 280 g/mol. The maximum atomic E-state index is 12.4. The molecule has 0 bridgehead atoms. The van der Waals surface area contributed by atoms with E-state index in [4.69, 9.17) is 10.5 Å². The molecule has 20 heavy (non-hydrogen) atoms. The highest BCUT2D eigenvalue weighted by atomic mass is 32.2. The lowest BCUT2D eigenvalue weighted by molar-refractivity contribution is 0.0367. The van der Waals surface area contributed by atoms with E-state index >= 15 is 0 Å². The van der Waals surface area contributed by atoms with Gasteiger partial charge in [-0.15, -0.1) is 0 Å². The Balaban J connectivity index is 2.14. The predicted octanol–water partition coefficient (Wildman–Crippen LogP) is 0.669. The number of hydrogen-bond donors (Lipinski definition) is 2. The number of aliphatic hydroxyl groups is 1. The van der Waals surface area contributed by atoms with Crippen molar-refractivity contribution in [2.24, 2.45) is 5.92 Å². The number of sulfonamides is 1. The third kappa shape index (κ3) is 2.89. The van der Waals surface area contributed by atoms with E-state index < -0.39 is 10.0 Å². The minimum atomic E-state index is -3.56. The van der Waals surface area contributed by atoms with Crippen LogP contribution in [0.25, 0.3) is 0 Å². The molecule has 6 nitrogen and oxygen atoms in total. The lowest BCUT2D eigenvalue weighted by Crippen LogP contribution is -2.39. The molecule has 0 aliphatic heterocycles. The maximum absolute atomic E-state index is 12.4. The quantitative estimate of drug-likeness (QED) is 0.780. The Morgan fingerprint density at radius 2 is 2.10 bits per heavy atom. The summed E-state index contributed by atoms with van der Waals surface area (Å²) in [7, 11) is -0.537. The zero-order valence-corrected chi connectivity index (χ0v) is 12.4. The van der Waals surface area contributed by atoms with E-state index in [1.54, 1.807) is 13.1 Å². The van der Waals surface area contributed by atoms with Crippen LogP contribution in [0.1, 0.15) is 12.8 Å². The lowest BCUT2D eigenvalue weighted by atomic mass is 9.82. The second-order valence-electron chi connectivity index (χ2n) is 5.18. The van der Waals surface area contributed by atoms with Crippen molar-refractivity contribution in [3.63, 3.8) is 0 Å². The summed E-state index contributed by atoms with van der Waals surface area (Å²) < 4.78 is 31.1. The highest BCUT2D eigenvalue weighted by Gasteiger charge is 2.31. The van der Waals surface area contributed by atoms with Gasteiger partial charge in [0.2, 0.25) is 10.0 Å². The fraction of sp³-hybridized carbons (Fsp3) is 0.538. The normalized spacial score (nSPS) is 22.6. The highest BCUT2D eigenvalue weighted by molar-refractivity contribution is 7.89. The molecule has 1 fully saturated rings. The number of nitrogen functional groups attached to an aromatic ring is 1. The monoisotopic (exact) mass is 300 g/mol. The van der Waals surface area contributed by atoms with Crippen molar-refractivity contribution in [3.05, 3.63) is 18.2 Å². The van der Waals surface area contributed by atoms with Crippen LogP contribution in [0.5, 0.6) is 5.75 Å². The SMILES string of the molecule is COc1ccc(S(=O)(=O)N(C)CC2CC(O)C2)cc1N. The van der Waals surface area contributed by atoms with Gasteiger partial charge >= 0.3 is 0 Å². The van der Waals surface area contributed by atoms with Gasteiger partial charge in [0.1, 0.15) is 5.75 Å². The minimum absolute atomic E-state index is 0.151. The number of rotatable bonds is 5. The summed E-state index contributed by atoms with van der Waals surface area (Å²) in [6, 6.07) is 4.43. The molecule has 112 valence electrons. The van der Waals surface area contributed by atoms with Crippen LogP contribution < -0.4 is 10.5 Å². The van der Waals surface area contributed by atoms with Crippen LogP contribution in [0.15, 0.2) is 23.1 Å². The van der Waals surface area contributed by atoms with Crippen LogP contribution >= 0.6 is 0 Å². The van der Waals surface area contributed by atoms with Gasteiger partial charge in [-0.2, -0.15) is 0 Å². The lowest BCUT2D eigenvalue weighted by Gasteiger charge is -2.34. The van der Waals surface area contributed by atoms with E-state index in [1.165, 1.54) is 23.5 Å². The molecule has 0 amide bonds. The van der Waals surface area contributed by atoms with E-state index in [0.717, 1.165) is 0 Å². The Bertz CT molecular complexity index is 582. The van der Waals surface area contributed by atoms with Gasteiger partial charge in [-0.1, -0.05) is 0 Å². The van der Waals surface area contributed by atoms with E-state index in [0.29, 0.717) is 30.8 Å². The van der Waals surface area contributed by atoms with Crippen LogP contribution in [-0.2, 0) is 10.0 Å². The van der Waals surface area contributed by atoms with Crippen LogP contribution in [0.4, 0.5) is 5.69 Å². The second-order valence-corrected chi connectivity index (χ2v) is 7.23. The topological polar surface area (TPSA) is 92.9 Å². The van der Waals surface area contributed by atoms with Crippen molar-refractivity contribution in [2.45, 2.75) is 23.8 Å². The molecule has 3 N–H and O–H groups in total. The molecule has 2 rings (SSSR count). The molecule has 1 aromatic rings. The van der Waals surface area contributed by atoms with Crippen molar-refractivity contribution >= 4 is 15.7 Å². The van der Waals surface area contributed by atoms with Crippen molar-refractivity contribution in [2.75, 3.05) is 26.4 Å². The van der Waals surface area contributed by atoms with Crippen LogP contribution in [0, 0.1) is 5.92 Å². The standard InChI is InChI=1S/C13H20N2O4S/c1-15(8-9-5-10(16)6-9)20(17,18)11-3-4-13(19-2)12(14)7-11/h3-4,7,9-10,16H,5-6,8,14H2,1-2H3. The van der Waals surface area contributed by atoms with Gasteiger partial charge in [0.05, 0.1) is 23.8 Å². The van der Waals surface area contributed by atoms with E-state index in [2.05, 4.69) is 0 Å². The number of anilines is 1. The summed E-state index contributed by atoms with van der Waals surface area (Å²) in [5.41, 5.74) is 6.04. The van der Waals surface area contributed by atoms with E-state index in [-0.39, 0.29) is 16.9 Å². The number of hydrogen-bond acceptors (Lipinski definition) is 5. The summed E-state index contributed by atoms with van der Waals surface area (Å²) in [5, 5.41) is 9.25. The summed E-state index contributed by atoms with van der Waals surface area (Å²) >= 11 is 0. The second kappa shape index (κ2) is 5.59. The molecule has 1 aliphatic carbocycles. The average Bonchev–Trinajstić information content (AvgIpc) is 2.36. The van der Waals surface area contributed by atoms with Crippen LogP contribution in [0.2, 0.25) is 0 Å². The molecule has 0 aromatic heterocycles. The van der Waals surface area contributed by atoms with Crippen molar-refractivity contribution < 1.29 is 18.3 Å². The molecule has 0 spiro atoms. The van der Waals surface area contributed by atoms with Crippen molar-refractivity contribution in [3.8, 4) is 5.75 Å². The number of benzene rings is 1. The molecule has 1 aliphatic rings. The Hall–Kier alpha value is -1.31. The fourth-order valence-corrected chi connectivity index (χ4v) is 3.65. The molecule has 7 heteroatoms. The minimum Gasteiger partial charge on any atom is -0.495 e. The molecule has 0 heterocycles. The zero-order valence-electron chi connectivity index (χ0n) is 11.6. The maximum Gasteiger partial charge on any atom is 0.242 e. The first kappa shape index (κ1) is 15.1. The highest BCUT2D eigenvalue weighted by Crippen LogP contribution is 2.30. The summed E-state index contributed by atoms with van der Waals surface area (Å²) in [5.74, 6) is 0.675. The number of aliphatic hydroxyl groups excluding tert-OH is 1. The summed E-state index contributed by atoms with van der Waals surface area (Å²) in [4.78, 5) is 0.151. The average molecular weight is 300 g/mol. The number of nitrogens with zero attached hydrogens (tertiary/aromatic N) is 1. The van der Waals surface area contributed by atoms with Crippen LogP contribution in [0.3, 0.4) is 0 Å². The molecule has 1 saturated carbocycles. The van der Waals surface area contributed by atoms with Gasteiger partial charge < -0.3 is 15.6 Å². The molecule has 1 aromatic carbocycles. The third-order valence-electron chi connectivity index (χ3n) is 3.64. The Morgan fingerprint density at radius 1 is 1.45 bits per heavy atom. The number of nitrogens with two attached hydrogens (primary N) is 1. The molecule has 0 atom stereocenters. The first-order chi connectivity index (χ1) is 9.34. The Labute approximate surface area is 119 Å². The predicted molar refractivity (Wildman–Crippen MR) is 76.0 cm³/mol. The summed E-state index contributed by atoms with van der Waals surface area (Å²) in [6.07, 6.45) is 1.03. The molecule has 0 saturated heterocycles. The van der Waals surface area contributed by atoms with Gasteiger partial charge in [-0.3, -0.25) is 0 Å². The van der Waals surface area contributed by atoms with Crippen LogP contribution in [-0.4, -0.2) is 44.6 Å². The van der Waals surface area contributed by atoms with E-state index in [1.807, 2.05) is 0 Å². The largest absolute Gasteiger partial charge is 0.495 e. The van der Waals surface area contributed by atoms with Gasteiger partial charge in [0.15, 0.2) is 0 Å². The van der Waals surface area contributed by atoms with Gasteiger partial charge in [0.25, 0.3) is 0 Å². The fourth-order valence-electron chi connectivity index (χ4n) is 2.36. The molecular formula is C13H20N2O4S. The van der Waals surface area contributed by atoms with Crippen molar-refractivity contribution in [1.82, 2.24) is 4.31 Å².